The Labute approximate surface area is 162 Å². The van der Waals surface area contributed by atoms with Crippen molar-refractivity contribution in [3.05, 3.63) is 65.2 Å². The Balaban J connectivity index is 1.43. The summed E-state index contributed by atoms with van der Waals surface area (Å²) in [5.74, 6) is 0. The first-order chi connectivity index (χ1) is 12.6. The molecule has 140 valence electrons. The second kappa shape index (κ2) is 9.59. The molecule has 2 N–H and O–H groups in total. The molecule has 1 aliphatic rings. The molecule has 2 nitrogen and oxygen atoms in total. The SMILES string of the molecule is CC1CCc2cc(C(O)C(C)NCCCCc3ccccc3)ccc2S1. The van der Waals surface area contributed by atoms with Crippen LogP contribution >= 0.6 is 11.8 Å². The molecule has 0 amide bonds. The smallest absolute Gasteiger partial charge is 0.0940 e. The van der Waals surface area contributed by atoms with Gasteiger partial charge in [0.2, 0.25) is 0 Å². The van der Waals surface area contributed by atoms with Crippen molar-refractivity contribution >= 4 is 11.8 Å². The van der Waals surface area contributed by atoms with Crippen LogP contribution in [0.4, 0.5) is 0 Å². The quantitative estimate of drug-likeness (QED) is 0.631. The zero-order valence-electron chi connectivity index (χ0n) is 15.9. The number of nitrogens with one attached hydrogen (secondary N) is 1. The third-order valence-electron chi connectivity index (χ3n) is 5.25. The van der Waals surface area contributed by atoms with Crippen molar-refractivity contribution in [1.29, 1.82) is 0 Å². The number of hydrogen-bond acceptors (Lipinski definition) is 3. The highest BCUT2D eigenvalue weighted by Gasteiger charge is 2.20. The van der Waals surface area contributed by atoms with E-state index >= 15 is 0 Å². The van der Waals surface area contributed by atoms with Crippen LogP contribution < -0.4 is 5.32 Å². The number of unbranched alkanes of at least 4 members (excludes halogenated alkanes) is 1. The van der Waals surface area contributed by atoms with Crippen LogP contribution in [-0.4, -0.2) is 22.9 Å². The van der Waals surface area contributed by atoms with Crippen LogP contribution in [0.3, 0.4) is 0 Å². The number of fused-ring (bicyclic) bond motifs is 1. The van der Waals surface area contributed by atoms with Crippen LogP contribution in [0.5, 0.6) is 0 Å². The Hall–Kier alpha value is -1.29. The van der Waals surface area contributed by atoms with E-state index < -0.39 is 6.10 Å². The molecule has 3 unspecified atom stereocenters. The Morgan fingerprint density at radius 2 is 1.96 bits per heavy atom. The lowest BCUT2D eigenvalue weighted by atomic mass is 9.98. The second-order valence-electron chi connectivity index (χ2n) is 7.46. The van der Waals surface area contributed by atoms with Crippen molar-refractivity contribution in [3.8, 4) is 0 Å². The maximum atomic E-state index is 10.7. The highest BCUT2D eigenvalue weighted by molar-refractivity contribution is 8.00. The summed E-state index contributed by atoms with van der Waals surface area (Å²) >= 11 is 1.96. The van der Waals surface area contributed by atoms with E-state index in [2.05, 4.69) is 67.7 Å². The van der Waals surface area contributed by atoms with Gasteiger partial charge in [0.05, 0.1) is 6.10 Å². The monoisotopic (exact) mass is 369 g/mol. The first-order valence-electron chi connectivity index (χ1n) is 9.88. The van der Waals surface area contributed by atoms with Crippen molar-refractivity contribution < 1.29 is 5.11 Å². The van der Waals surface area contributed by atoms with Gasteiger partial charge >= 0.3 is 0 Å². The molecule has 1 heterocycles. The largest absolute Gasteiger partial charge is 0.387 e. The van der Waals surface area contributed by atoms with E-state index in [0.29, 0.717) is 5.25 Å². The van der Waals surface area contributed by atoms with Crippen LogP contribution in [0, 0.1) is 0 Å². The maximum absolute atomic E-state index is 10.7. The molecule has 0 radical (unpaired) electrons. The van der Waals surface area contributed by atoms with Crippen LogP contribution in [0.15, 0.2) is 53.4 Å². The van der Waals surface area contributed by atoms with Gasteiger partial charge in [-0.25, -0.2) is 0 Å². The van der Waals surface area contributed by atoms with Crippen LogP contribution in [0.25, 0.3) is 0 Å². The Morgan fingerprint density at radius 3 is 2.77 bits per heavy atom. The van der Waals surface area contributed by atoms with Crippen molar-refractivity contribution in [2.75, 3.05) is 6.54 Å². The normalized spacial score (nSPS) is 19.0. The number of benzene rings is 2. The molecule has 2 aromatic carbocycles. The van der Waals surface area contributed by atoms with Gasteiger partial charge in [-0.1, -0.05) is 49.4 Å². The van der Waals surface area contributed by atoms with Gasteiger partial charge in [-0.05, 0) is 68.3 Å². The molecule has 0 bridgehead atoms. The van der Waals surface area contributed by atoms with Crippen molar-refractivity contribution in [1.82, 2.24) is 5.32 Å². The number of aliphatic hydroxyl groups excluding tert-OH is 1. The predicted octanol–water partition coefficient (Wildman–Crippen LogP) is 5.15. The highest BCUT2D eigenvalue weighted by Crippen LogP contribution is 2.36. The van der Waals surface area contributed by atoms with E-state index in [-0.39, 0.29) is 6.04 Å². The average molecular weight is 370 g/mol. The third-order valence-corrected chi connectivity index (χ3v) is 6.54. The van der Waals surface area contributed by atoms with E-state index in [1.54, 1.807) is 0 Å². The number of aliphatic hydroxyl groups is 1. The topological polar surface area (TPSA) is 32.3 Å². The van der Waals surface area contributed by atoms with Gasteiger partial charge in [0, 0.05) is 16.2 Å². The molecular weight excluding hydrogens is 338 g/mol. The van der Waals surface area contributed by atoms with Gasteiger partial charge in [-0.15, -0.1) is 11.8 Å². The first-order valence-corrected chi connectivity index (χ1v) is 10.8. The summed E-state index contributed by atoms with van der Waals surface area (Å²) < 4.78 is 0. The van der Waals surface area contributed by atoms with Crippen LogP contribution in [0.1, 0.15) is 55.9 Å². The number of rotatable bonds is 8. The molecule has 0 spiro atoms. The minimum absolute atomic E-state index is 0.0694. The van der Waals surface area contributed by atoms with E-state index in [1.165, 1.54) is 28.9 Å². The van der Waals surface area contributed by atoms with Crippen molar-refractivity contribution in [3.63, 3.8) is 0 Å². The van der Waals surface area contributed by atoms with Gasteiger partial charge in [0.1, 0.15) is 0 Å². The molecular formula is C23H31NOS. The fourth-order valence-electron chi connectivity index (χ4n) is 3.56. The minimum atomic E-state index is -0.446. The molecule has 2 aromatic rings. The fraction of sp³-hybridized carbons (Fsp3) is 0.478. The molecule has 0 saturated carbocycles. The summed E-state index contributed by atoms with van der Waals surface area (Å²) in [5, 5.41) is 14.9. The average Bonchev–Trinajstić information content (AvgIpc) is 2.67. The molecule has 0 aromatic heterocycles. The summed E-state index contributed by atoms with van der Waals surface area (Å²) in [5.41, 5.74) is 3.85. The predicted molar refractivity (Wildman–Crippen MR) is 112 cm³/mol. The van der Waals surface area contributed by atoms with Crippen molar-refractivity contribution in [2.24, 2.45) is 0 Å². The Kier molecular flexibility index (Phi) is 7.18. The Morgan fingerprint density at radius 1 is 1.15 bits per heavy atom. The van der Waals surface area contributed by atoms with Gasteiger partial charge < -0.3 is 10.4 Å². The van der Waals surface area contributed by atoms with E-state index in [0.717, 1.165) is 31.4 Å². The molecule has 0 saturated heterocycles. The lowest BCUT2D eigenvalue weighted by Gasteiger charge is -2.25. The lowest BCUT2D eigenvalue weighted by Crippen LogP contribution is -2.33. The molecule has 3 rings (SSSR count). The molecule has 26 heavy (non-hydrogen) atoms. The van der Waals surface area contributed by atoms with Crippen LogP contribution in [0.2, 0.25) is 0 Å². The Bertz CT molecular complexity index is 688. The highest BCUT2D eigenvalue weighted by atomic mass is 32.2. The first kappa shape index (κ1) is 19.5. The van der Waals surface area contributed by atoms with Crippen LogP contribution in [-0.2, 0) is 12.8 Å². The number of hydrogen-bond donors (Lipinski definition) is 2. The molecule has 0 aliphatic carbocycles. The summed E-state index contributed by atoms with van der Waals surface area (Å²) in [6.45, 7) is 5.32. The van der Waals surface area contributed by atoms with Gasteiger partial charge in [-0.3, -0.25) is 0 Å². The zero-order chi connectivity index (χ0) is 18.4. The van der Waals surface area contributed by atoms with Gasteiger partial charge in [-0.2, -0.15) is 0 Å². The zero-order valence-corrected chi connectivity index (χ0v) is 16.8. The summed E-state index contributed by atoms with van der Waals surface area (Å²) in [4.78, 5) is 1.39. The minimum Gasteiger partial charge on any atom is -0.387 e. The molecule has 0 fully saturated rings. The summed E-state index contributed by atoms with van der Waals surface area (Å²) in [6, 6.07) is 17.2. The molecule has 3 heteroatoms. The molecule has 3 atom stereocenters. The third kappa shape index (κ3) is 5.35. The molecule has 1 aliphatic heterocycles. The standard InChI is InChI=1S/C23H31NOS/c1-17-11-12-20-16-21(13-14-22(20)26-17)23(25)18(2)24-15-7-6-10-19-8-4-3-5-9-19/h3-5,8-9,13-14,16-18,23-25H,6-7,10-12,15H2,1-2H3. The van der Waals surface area contributed by atoms with E-state index in [1.807, 2.05) is 11.8 Å². The second-order valence-corrected chi connectivity index (χ2v) is 8.94. The van der Waals surface area contributed by atoms with Gasteiger partial charge in [0.25, 0.3) is 0 Å². The van der Waals surface area contributed by atoms with E-state index in [4.69, 9.17) is 0 Å². The summed E-state index contributed by atoms with van der Waals surface area (Å²) in [7, 11) is 0. The van der Waals surface area contributed by atoms with E-state index in [9.17, 15) is 5.11 Å². The van der Waals surface area contributed by atoms with Crippen molar-refractivity contribution in [2.45, 2.75) is 68.2 Å². The lowest BCUT2D eigenvalue weighted by molar-refractivity contribution is 0.136. The van der Waals surface area contributed by atoms with Gasteiger partial charge in [0.15, 0.2) is 0 Å². The summed E-state index contributed by atoms with van der Waals surface area (Å²) in [6.07, 6.45) is 5.34. The number of aryl methyl sites for hydroxylation is 2. The fourth-order valence-corrected chi connectivity index (χ4v) is 4.69. The maximum Gasteiger partial charge on any atom is 0.0940 e. The number of thioether (sulfide) groups is 1.